The van der Waals surface area contributed by atoms with Crippen LogP contribution >= 0.6 is 46.1 Å². The van der Waals surface area contributed by atoms with Crippen LogP contribution in [0.1, 0.15) is 0 Å². The van der Waals surface area contributed by atoms with Gasteiger partial charge in [-0.15, -0.1) is 0 Å². The van der Waals surface area contributed by atoms with E-state index in [0.29, 0.717) is 10.2 Å². The number of alkyl halides is 3. The SMILES string of the molecule is NS(=O)(=O)c1ccc2nc(NC(=O)C(Cl)(Cl)Cl)sc2c1. The maximum atomic E-state index is 11.5. The molecule has 0 spiro atoms. The molecule has 0 fully saturated rings. The number of nitrogens with one attached hydrogen (secondary N) is 1. The van der Waals surface area contributed by atoms with Crippen LogP contribution < -0.4 is 10.5 Å². The third kappa shape index (κ3) is 3.51. The largest absolute Gasteiger partial charge is 0.298 e. The average molecular weight is 375 g/mol. The molecule has 1 amide bonds. The highest BCUT2D eigenvalue weighted by Crippen LogP contribution is 2.31. The number of nitrogens with zero attached hydrogens (tertiary/aromatic N) is 1. The smallest absolute Gasteiger partial charge is 0.278 e. The number of benzene rings is 1. The predicted octanol–water partition coefficient (Wildman–Crippen LogP) is 2.25. The summed E-state index contributed by atoms with van der Waals surface area (Å²) in [5, 5.41) is 7.53. The highest BCUT2D eigenvalue weighted by Gasteiger charge is 2.31. The molecule has 0 bridgehead atoms. The summed E-state index contributed by atoms with van der Waals surface area (Å²) in [6.45, 7) is 0. The van der Waals surface area contributed by atoms with E-state index in [1.54, 1.807) is 0 Å². The summed E-state index contributed by atoms with van der Waals surface area (Å²) in [4.78, 5) is 15.5. The molecule has 0 atom stereocenters. The summed E-state index contributed by atoms with van der Waals surface area (Å²) >= 11 is 17.3. The van der Waals surface area contributed by atoms with E-state index in [1.807, 2.05) is 0 Å². The number of halogens is 3. The molecule has 0 saturated heterocycles. The van der Waals surface area contributed by atoms with Crippen LogP contribution in [0.5, 0.6) is 0 Å². The monoisotopic (exact) mass is 373 g/mol. The number of carbonyl (C=O) groups is 1. The van der Waals surface area contributed by atoms with Crippen molar-refractivity contribution in [3.63, 3.8) is 0 Å². The van der Waals surface area contributed by atoms with Crippen molar-refractivity contribution in [2.75, 3.05) is 5.32 Å². The van der Waals surface area contributed by atoms with Crippen LogP contribution in [0.2, 0.25) is 0 Å². The van der Waals surface area contributed by atoms with Gasteiger partial charge in [0.1, 0.15) is 0 Å². The molecule has 2 rings (SSSR count). The van der Waals surface area contributed by atoms with Crippen LogP contribution in [0, 0.1) is 0 Å². The molecule has 1 heterocycles. The fourth-order valence-corrected chi connectivity index (χ4v) is 2.96. The van der Waals surface area contributed by atoms with Crippen molar-refractivity contribution in [3.05, 3.63) is 18.2 Å². The Kier molecular flexibility index (Phi) is 4.16. The molecule has 0 aliphatic heterocycles. The number of hydrogen-bond donors (Lipinski definition) is 2. The zero-order valence-electron chi connectivity index (χ0n) is 9.43. The van der Waals surface area contributed by atoms with Gasteiger partial charge in [-0.05, 0) is 18.2 Å². The van der Waals surface area contributed by atoms with Crippen molar-refractivity contribution in [1.82, 2.24) is 4.98 Å². The molecular formula is C9H6Cl3N3O3S2. The summed E-state index contributed by atoms with van der Waals surface area (Å²) in [5.74, 6) is -0.853. The van der Waals surface area contributed by atoms with Crippen molar-refractivity contribution < 1.29 is 13.2 Å². The fourth-order valence-electron chi connectivity index (χ4n) is 1.30. The Balaban J connectivity index is 2.38. The first kappa shape index (κ1) is 15.7. The minimum Gasteiger partial charge on any atom is -0.298 e. The highest BCUT2D eigenvalue weighted by atomic mass is 35.6. The summed E-state index contributed by atoms with van der Waals surface area (Å²) in [6, 6.07) is 4.14. The van der Waals surface area contributed by atoms with Gasteiger partial charge in [-0.3, -0.25) is 10.1 Å². The standard InChI is InChI=1S/C9H6Cl3N3O3S2/c10-9(11,12)7(16)15-8-14-5-2-1-4(20(13,17)18)3-6(5)19-8/h1-3H,(H2,13,17,18)(H,14,15,16). The third-order valence-electron chi connectivity index (χ3n) is 2.17. The van der Waals surface area contributed by atoms with Gasteiger partial charge in [-0.1, -0.05) is 46.1 Å². The van der Waals surface area contributed by atoms with Gasteiger partial charge in [0.2, 0.25) is 10.0 Å². The molecule has 0 saturated carbocycles. The molecule has 3 N–H and O–H groups in total. The molecule has 108 valence electrons. The van der Waals surface area contributed by atoms with Crippen molar-refractivity contribution in [3.8, 4) is 0 Å². The number of fused-ring (bicyclic) bond motifs is 1. The Morgan fingerprint density at radius 2 is 2.00 bits per heavy atom. The predicted molar refractivity (Wildman–Crippen MR) is 79.9 cm³/mol. The van der Waals surface area contributed by atoms with Gasteiger partial charge in [0.05, 0.1) is 15.1 Å². The molecule has 20 heavy (non-hydrogen) atoms. The van der Waals surface area contributed by atoms with Crippen LogP contribution in [0.25, 0.3) is 10.2 Å². The number of anilines is 1. The minimum absolute atomic E-state index is 0.0482. The average Bonchev–Trinajstić information content (AvgIpc) is 2.67. The number of carbonyl (C=O) groups excluding carboxylic acids is 1. The molecule has 0 unspecified atom stereocenters. The third-order valence-corrected chi connectivity index (χ3v) is 4.53. The lowest BCUT2D eigenvalue weighted by molar-refractivity contribution is -0.115. The molecular weight excluding hydrogens is 369 g/mol. The Morgan fingerprint density at radius 1 is 1.35 bits per heavy atom. The molecule has 6 nitrogen and oxygen atoms in total. The van der Waals surface area contributed by atoms with E-state index in [4.69, 9.17) is 39.9 Å². The Hall–Kier alpha value is -0.640. The van der Waals surface area contributed by atoms with E-state index in [0.717, 1.165) is 11.3 Å². The van der Waals surface area contributed by atoms with Crippen molar-refractivity contribution in [2.24, 2.45) is 5.14 Å². The second-order valence-electron chi connectivity index (χ2n) is 3.65. The second kappa shape index (κ2) is 5.28. The number of hydrogen-bond acceptors (Lipinski definition) is 5. The first-order valence-corrected chi connectivity index (χ1v) is 8.38. The fraction of sp³-hybridized carbons (Fsp3) is 0.111. The first-order chi connectivity index (χ1) is 9.07. The second-order valence-corrected chi connectivity index (χ2v) is 8.52. The molecule has 11 heteroatoms. The number of aromatic nitrogens is 1. The first-order valence-electron chi connectivity index (χ1n) is 4.89. The molecule has 0 aliphatic rings. The lowest BCUT2D eigenvalue weighted by Crippen LogP contribution is -2.26. The van der Waals surface area contributed by atoms with E-state index in [9.17, 15) is 13.2 Å². The lowest BCUT2D eigenvalue weighted by Gasteiger charge is -2.08. The Morgan fingerprint density at radius 3 is 2.55 bits per heavy atom. The lowest BCUT2D eigenvalue weighted by atomic mass is 10.3. The van der Waals surface area contributed by atoms with Crippen molar-refractivity contribution in [2.45, 2.75) is 8.69 Å². The number of nitrogens with two attached hydrogens (primary N) is 1. The van der Waals surface area contributed by atoms with E-state index in [2.05, 4.69) is 10.3 Å². The van der Waals surface area contributed by atoms with Gasteiger partial charge in [0.25, 0.3) is 9.70 Å². The zero-order valence-corrected chi connectivity index (χ0v) is 13.3. The van der Waals surface area contributed by atoms with Gasteiger partial charge in [-0.2, -0.15) is 0 Å². The van der Waals surface area contributed by atoms with Crippen LogP contribution in [-0.2, 0) is 14.8 Å². The van der Waals surface area contributed by atoms with Crippen LogP contribution in [0.15, 0.2) is 23.1 Å². The molecule has 1 aromatic carbocycles. The van der Waals surface area contributed by atoms with Gasteiger partial charge < -0.3 is 0 Å². The maximum absolute atomic E-state index is 11.5. The van der Waals surface area contributed by atoms with Crippen LogP contribution in [0.3, 0.4) is 0 Å². The summed E-state index contributed by atoms with van der Waals surface area (Å²) in [6.07, 6.45) is 0. The van der Waals surface area contributed by atoms with Crippen LogP contribution in [0.4, 0.5) is 5.13 Å². The summed E-state index contributed by atoms with van der Waals surface area (Å²) in [7, 11) is -3.80. The normalized spacial score (nSPS) is 12.6. The maximum Gasteiger partial charge on any atom is 0.278 e. The molecule has 0 radical (unpaired) electrons. The highest BCUT2D eigenvalue weighted by molar-refractivity contribution is 7.89. The number of sulfonamides is 1. The summed E-state index contributed by atoms with van der Waals surface area (Å²) in [5.41, 5.74) is 0.488. The number of amides is 1. The Labute approximate surface area is 132 Å². The van der Waals surface area contributed by atoms with Gasteiger partial charge >= 0.3 is 0 Å². The molecule has 2 aromatic rings. The Bertz CT molecular complexity index is 783. The van der Waals surface area contributed by atoms with E-state index < -0.39 is 19.7 Å². The molecule has 1 aromatic heterocycles. The quantitative estimate of drug-likeness (QED) is 0.787. The van der Waals surface area contributed by atoms with Crippen LogP contribution in [-0.4, -0.2) is 23.1 Å². The zero-order chi connectivity index (χ0) is 15.1. The van der Waals surface area contributed by atoms with E-state index in [1.165, 1.54) is 18.2 Å². The van der Waals surface area contributed by atoms with Gasteiger partial charge in [0.15, 0.2) is 5.13 Å². The number of thiazole rings is 1. The van der Waals surface area contributed by atoms with Crippen molar-refractivity contribution >= 4 is 77.4 Å². The molecule has 0 aliphatic carbocycles. The van der Waals surface area contributed by atoms with Gasteiger partial charge in [0, 0.05) is 0 Å². The minimum atomic E-state index is -3.80. The number of rotatable bonds is 2. The topological polar surface area (TPSA) is 102 Å². The summed E-state index contributed by atoms with van der Waals surface area (Å²) < 4.78 is 20.9. The van der Waals surface area contributed by atoms with Crippen molar-refractivity contribution in [1.29, 1.82) is 0 Å². The number of primary sulfonamides is 1. The van der Waals surface area contributed by atoms with E-state index >= 15 is 0 Å². The van der Waals surface area contributed by atoms with Gasteiger partial charge in [-0.25, -0.2) is 18.5 Å². The van der Waals surface area contributed by atoms with E-state index in [-0.39, 0.29) is 10.0 Å².